The summed E-state index contributed by atoms with van der Waals surface area (Å²) in [6, 6.07) is 0. The third-order valence-corrected chi connectivity index (χ3v) is 3.37. The third-order valence-electron chi connectivity index (χ3n) is 2.82. The Bertz CT molecular complexity index is 457. The van der Waals surface area contributed by atoms with E-state index in [0.29, 0.717) is 35.4 Å². The molecule has 1 aromatic rings. The van der Waals surface area contributed by atoms with Crippen LogP contribution in [0.3, 0.4) is 0 Å². The van der Waals surface area contributed by atoms with E-state index in [0.717, 1.165) is 0 Å². The van der Waals surface area contributed by atoms with E-state index in [1.165, 1.54) is 6.92 Å². The molecule has 1 aliphatic rings. The minimum Gasteiger partial charge on any atom is -0.474 e. The van der Waals surface area contributed by atoms with Gasteiger partial charge in [0.15, 0.2) is 5.78 Å². The number of carbonyl (C=O) groups excluding carboxylic acids is 1. The quantitative estimate of drug-likeness (QED) is 0.789. The molecule has 0 amide bonds. The van der Waals surface area contributed by atoms with Crippen molar-refractivity contribution in [2.75, 3.05) is 6.61 Å². The molecule has 0 bridgehead atoms. The van der Waals surface area contributed by atoms with Gasteiger partial charge in [0.2, 0.25) is 5.88 Å². The number of nitrogens with zero attached hydrogens (tertiary/aromatic N) is 2. The summed E-state index contributed by atoms with van der Waals surface area (Å²) in [5, 5.41) is 4.17. The summed E-state index contributed by atoms with van der Waals surface area (Å²) in [5.41, 5.74) is -0.954. The molecule has 0 spiro atoms. The zero-order valence-electron chi connectivity index (χ0n) is 9.80. The summed E-state index contributed by atoms with van der Waals surface area (Å²) < 4.78 is 21.3. The molecule has 0 radical (unpaired) electrons. The number of carbonyl (C=O) groups is 1. The number of halogens is 2. The van der Waals surface area contributed by atoms with Crippen LogP contribution in [-0.4, -0.2) is 27.8 Å². The van der Waals surface area contributed by atoms with Gasteiger partial charge in [-0.05, 0) is 22.9 Å². The van der Waals surface area contributed by atoms with Crippen molar-refractivity contribution in [1.82, 2.24) is 9.78 Å². The average Bonchev–Trinajstić information content (AvgIpc) is 2.52. The van der Waals surface area contributed by atoms with Crippen molar-refractivity contribution < 1.29 is 13.9 Å². The molecule has 2 heterocycles. The first-order chi connectivity index (χ1) is 7.94. The Morgan fingerprint density at radius 1 is 1.71 bits per heavy atom. The smallest absolute Gasteiger partial charge is 0.224 e. The highest BCUT2D eigenvalue weighted by Crippen LogP contribution is 2.32. The van der Waals surface area contributed by atoms with Crippen LogP contribution >= 0.6 is 15.9 Å². The second-order valence-electron chi connectivity index (χ2n) is 4.42. The van der Waals surface area contributed by atoms with E-state index in [1.807, 2.05) is 0 Å². The first kappa shape index (κ1) is 12.5. The summed E-state index contributed by atoms with van der Waals surface area (Å²) in [5.74, 6) is 0.325. The van der Waals surface area contributed by atoms with Crippen molar-refractivity contribution in [2.45, 2.75) is 38.9 Å². The van der Waals surface area contributed by atoms with E-state index in [2.05, 4.69) is 21.0 Å². The van der Waals surface area contributed by atoms with E-state index >= 15 is 0 Å². The maximum absolute atomic E-state index is 13.8. The van der Waals surface area contributed by atoms with Gasteiger partial charge in [0.25, 0.3) is 0 Å². The number of ketones is 1. The van der Waals surface area contributed by atoms with Crippen LogP contribution in [-0.2, 0) is 6.54 Å². The molecular formula is C11H14BrFN2O2. The molecule has 17 heavy (non-hydrogen) atoms. The second kappa shape index (κ2) is 4.40. The Hall–Kier alpha value is -0.910. The van der Waals surface area contributed by atoms with Gasteiger partial charge in [-0.1, -0.05) is 6.92 Å². The topological polar surface area (TPSA) is 44.1 Å². The normalized spacial score (nSPS) is 23.8. The molecule has 94 valence electrons. The van der Waals surface area contributed by atoms with Gasteiger partial charge < -0.3 is 4.74 Å². The Kier molecular flexibility index (Phi) is 3.25. The monoisotopic (exact) mass is 304 g/mol. The van der Waals surface area contributed by atoms with Crippen molar-refractivity contribution in [3.63, 3.8) is 0 Å². The van der Waals surface area contributed by atoms with Crippen LogP contribution in [0, 0.1) is 0 Å². The number of alkyl halides is 1. The van der Waals surface area contributed by atoms with Crippen LogP contribution < -0.4 is 4.74 Å². The van der Waals surface area contributed by atoms with Crippen molar-refractivity contribution in [1.29, 1.82) is 0 Å². The van der Waals surface area contributed by atoms with Crippen LogP contribution in [0.2, 0.25) is 0 Å². The number of aryl methyl sites for hydroxylation is 1. The minimum absolute atomic E-state index is 0.0465. The molecule has 1 aliphatic heterocycles. The summed E-state index contributed by atoms with van der Waals surface area (Å²) in [4.78, 5) is 11.8. The van der Waals surface area contributed by atoms with Gasteiger partial charge in [-0.2, -0.15) is 5.10 Å². The average molecular weight is 305 g/mol. The number of rotatable bonds is 2. The maximum Gasteiger partial charge on any atom is 0.224 e. The summed E-state index contributed by atoms with van der Waals surface area (Å²) in [7, 11) is 0. The summed E-state index contributed by atoms with van der Waals surface area (Å²) >= 11 is 3.25. The standard InChI is InChI=1S/C11H14BrFN2O2/c1-3-7(16)8-9(12)14-15-5-4-11(2,13)6-17-10(8)15/h3-6H2,1-2H3. The lowest BCUT2D eigenvalue weighted by atomic mass is 10.1. The van der Waals surface area contributed by atoms with Crippen molar-refractivity contribution in [3.8, 4) is 5.88 Å². The van der Waals surface area contributed by atoms with Gasteiger partial charge in [-0.15, -0.1) is 0 Å². The third kappa shape index (κ3) is 2.36. The molecule has 0 saturated heterocycles. The zero-order chi connectivity index (χ0) is 12.6. The lowest BCUT2D eigenvalue weighted by Crippen LogP contribution is -2.26. The molecule has 1 unspecified atom stereocenters. The largest absolute Gasteiger partial charge is 0.474 e. The van der Waals surface area contributed by atoms with E-state index in [9.17, 15) is 9.18 Å². The highest BCUT2D eigenvalue weighted by atomic mass is 79.9. The summed E-state index contributed by atoms with van der Waals surface area (Å²) in [6.45, 7) is 3.64. The Morgan fingerprint density at radius 3 is 3.06 bits per heavy atom. The van der Waals surface area contributed by atoms with Crippen LogP contribution in [0.4, 0.5) is 4.39 Å². The number of Topliss-reactive ketones (excluding diaryl/α,β-unsaturated/α-hetero) is 1. The predicted octanol–water partition coefficient (Wildman–Crippen LogP) is 2.75. The fourth-order valence-corrected chi connectivity index (χ4v) is 2.34. The molecule has 4 nitrogen and oxygen atoms in total. The lowest BCUT2D eigenvalue weighted by molar-refractivity contribution is 0.0942. The highest BCUT2D eigenvalue weighted by Gasteiger charge is 2.32. The Balaban J connectivity index is 2.40. The van der Waals surface area contributed by atoms with Crippen LogP contribution in [0.1, 0.15) is 37.0 Å². The molecule has 0 fully saturated rings. The summed E-state index contributed by atoms with van der Waals surface area (Å²) in [6.07, 6.45) is 0.696. The van der Waals surface area contributed by atoms with Crippen LogP contribution in [0.5, 0.6) is 5.88 Å². The molecule has 6 heteroatoms. The molecule has 0 saturated carbocycles. The molecule has 0 aliphatic carbocycles. The number of ether oxygens (including phenoxy) is 1. The van der Waals surface area contributed by atoms with Crippen LogP contribution in [0.25, 0.3) is 0 Å². The lowest BCUT2D eigenvalue weighted by Gasteiger charge is -2.15. The second-order valence-corrected chi connectivity index (χ2v) is 5.17. The maximum atomic E-state index is 13.8. The van der Waals surface area contributed by atoms with Gasteiger partial charge in [0.05, 0.1) is 0 Å². The van der Waals surface area contributed by atoms with Gasteiger partial charge >= 0.3 is 0 Å². The van der Waals surface area contributed by atoms with Crippen LogP contribution in [0.15, 0.2) is 4.60 Å². The number of aromatic nitrogens is 2. The van der Waals surface area contributed by atoms with Crippen molar-refractivity contribution in [3.05, 3.63) is 10.2 Å². The SMILES string of the molecule is CCC(=O)c1c(Br)nn2c1OCC(C)(F)CC2. The molecule has 0 aromatic carbocycles. The molecule has 1 atom stereocenters. The van der Waals surface area contributed by atoms with E-state index in [4.69, 9.17) is 4.74 Å². The molecular weight excluding hydrogens is 291 g/mol. The fourth-order valence-electron chi connectivity index (χ4n) is 1.76. The van der Waals surface area contributed by atoms with E-state index in [1.54, 1.807) is 11.6 Å². The van der Waals surface area contributed by atoms with E-state index < -0.39 is 5.67 Å². The highest BCUT2D eigenvalue weighted by molar-refractivity contribution is 9.10. The van der Waals surface area contributed by atoms with Gasteiger partial charge in [0.1, 0.15) is 22.4 Å². The van der Waals surface area contributed by atoms with Gasteiger partial charge in [0, 0.05) is 19.4 Å². The number of hydrogen-bond donors (Lipinski definition) is 0. The number of hydrogen-bond acceptors (Lipinski definition) is 3. The Labute approximate surface area is 107 Å². The van der Waals surface area contributed by atoms with Crippen molar-refractivity contribution in [2.24, 2.45) is 0 Å². The molecule has 1 aromatic heterocycles. The first-order valence-corrected chi connectivity index (χ1v) is 6.35. The van der Waals surface area contributed by atoms with Gasteiger partial charge in [-0.3, -0.25) is 4.79 Å². The minimum atomic E-state index is -1.38. The van der Waals surface area contributed by atoms with Gasteiger partial charge in [-0.25, -0.2) is 9.07 Å². The molecule has 2 rings (SSSR count). The van der Waals surface area contributed by atoms with Crippen molar-refractivity contribution >= 4 is 21.7 Å². The fraction of sp³-hybridized carbons (Fsp3) is 0.636. The predicted molar refractivity (Wildman–Crippen MR) is 64.2 cm³/mol. The molecule has 0 N–H and O–H groups in total. The zero-order valence-corrected chi connectivity index (χ0v) is 11.4. The first-order valence-electron chi connectivity index (χ1n) is 5.56. The van der Waals surface area contributed by atoms with E-state index in [-0.39, 0.29) is 12.4 Å². The Morgan fingerprint density at radius 2 is 2.41 bits per heavy atom. The number of fused-ring (bicyclic) bond motifs is 1.